The van der Waals surface area contributed by atoms with Gasteiger partial charge in [0.15, 0.2) is 0 Å². The van der Waals surface area contributed by atoms with E-state index < -0.39 is 48.8 Å². The molecule has 3 nitrogen and oxygen atoms in total. The molecule has 0 amide bonds. The SMILES string of the molecule is COC(=O)CCCc1ccc(C(N)CCC(F)(F)C(F)(F)C(F)(F)C(F)(F)F)s1. The van der Waals surface area contributed by atoms with Crippen molar-refractivity contribution in [2.24, 2.45) is 5.73 Å². The van der Waals surface area contributed by atoms with Crippen LogP contribution in [0, 0.1) is 0 Å². The van der Waals surface area contributed by atoms with Gasteiger partial charge in [0.1, 0.15) is 0 Å². The molecule has 1 rings (SSSR count). The molecule has 0 aliphatic heterocycles. The van der Waals surface area contributed by atoms with Crippen LogP contribution in [0.4, 0.5) is 39.5 Å². The number of thiophene rings is 1. The molecule has 1 aromatic rings. The molecule has 168 valence electrons. The van der Waals surface area contributed by atoms with Gasteiger partial charge in [-0.1, -0.05) is 0 Å². The third kappa shape index (κ3) is 5.77. The second-order valence-corrected chi connectivity index (χ2v) is 7.43. The van der Waals surface area contributed by atoms with Gasteiger partial charge in [-0.05, 0) is 31.4 Å². The summed E-state index contributed by atoms with van der Waals surface area (Å²) in [5, 5.41) is 0. The first-order chi connectivity index (χ1) is 13.1. The number of aryl methyl sites for hydroxylation is 1. The van der Waals surface area contributed by atoms with Crippen LogP contribution in [0.2, 0.25) is 0 Å². The highest BCUT2D eigenvalue weighted by molar-refractivity contribution is 7.12. The Labute approximate surface area is 164 Å². The van der Waals surface area contributed by atoms with Gasteiger partial charge in [0.2, 0.25) is 0 Å². The molecule has 0 fully saturated rings. The van der Waals surface area contributed by atoms with Gasteiger partial charge in [0, 0.05) is 28.6 Å². The van der Waals surface area contributed by atoms with Crippen molar-refractivity contribution in [3.63, 3.8) is 0 Å². The zero-order chi connectivity index (χ0) is 22.7. The van der Waals surface area contributed by atoms with E-state index in [1.807, 2.05) is 0 Å². The minimum absolute atomic E-state index is 0.129. The van der Waals surface area contributed by atoms with Gasteiger partial charge in [-0.25, -0.2) is 0 Å². The van der Waals surface area contributed by atoms with Crippen molar-refractivity contribution in [3.05, 3.63) is 21.9 Å². The molecule has 0 aromatic carbocycles. The maximum Gasteiger partial charge on any atom is 0.460 e. The summed E-state index contributed by atoms with van der Waals surface area (Å²) in [4.78, 5) is 12.0. The molecule has 0 bridgehead atoms. The van der Waals surface area contributed by atoms with Crippen LogP contribution in [-0.4, -0.2) is 37.0 Å². The molecule has 0 saturated carbocycles. The zero-order valence-electron chi connectivity index (χ0n) is 15.0. The summed E-state index contributed by atoms with van der Waals surface area (Å²) in [5.74, 6) is -19.6. The molecule has 1 heterocycles. The number of halogens is 9. The lowest BCUT2D eigenvalue weighted by atomic mass is 9.97. The lowest BCUT2D eigenvalue weighted by Crippen LogP contribution is -2.60. The van der Waals surface area contributed by atoms with Gasteiger partial charge in [0.05, 0.1) is 7.11 Å². The molecular weight excluding hydrogens is 441 g/mol. The lowest BCUT2D eigenvalue weighted by Gasteiger charge is -2.34. The molecule has 13 heteroatoms. The van der Waals surface area contributed by atoms with Crippen molar-refractivity contribution in [3.8, 4) is 0 Å². The molecular formula is C16H18F9NO2S. The van der Waals surface area contributed by atoms with Crippen molar-refractivity contribution < 1.29 is 49.0 Å². The molecule has 1 unspecified atom stereocenters. The maximum atomic E-state index is 13.6. The van der Waals surface area contributed by atoms with E-state index in [1.165, 1.54) is 13.2 Å². The van der Waals surface area contributed by atoms with Crippen LogP contribution in [0.15, 0.2) is 12.1 Å². The summed E-state index contributed by atoms with van der Waals surface area (Å²) in [7, 11) is 1.22. The first-order valence-corrected chi connectivity index (χ1v) is 8.99. The lowest BCUT2D eigenvalue weighted by molar-refractivity contribution is -0.396. The van der Waals surface area contributed by atoms with Crippen LogP contribution in [0.3, 0.4) is 0 Å². The highest BCUT2D eigenvalue weighted by atomic mass is 32.1. The number of methoxy groups -OCH3 is 1. The van der Waals surface area contributed by atoms with E-state index in [0.29, 0.717) is 17.7 Å². The molecule has 0 saturated heterocycles. The van der Waals surface area contributed by atoms with Crippen LogP contribution in [-0.2, 0) is 16.0 Å². The van der Waals surface area contributed by atoms with E-state index >= 15 is 0 Å². The van der Waals surface area contributed by atoms with E-state index in [1.54, 1.807) is 6.07 Å². The Hall–Kier alpha value is -1.50. The monoisotopic (exact) mass is 459 g/mol. The number of carbonyl (C=O) groups excluding carboxylic acids is 1. The van der Waals surface area contributed by atoms with Gasteiger partial charge in [-0.15, -0.1) is 11.3 Å². The second kappa shape index (κ2) is 9.11. The minimum Gasteiger partial charge on any atom is -0.469 e. The summed E-state index contributed by atoms with van der Waals surface area (Å²) in [6, 6.07) is 1.70. The Morgan fingerprint density at radius 3 is 2.17 bits per heavy atom. The molecule has 0 radical (unpaired) electrons. The van der Waals surface area contributed by atoms with Gasteiger partial charge in [-0.2, -0.15) is 39.5 Å². The van der Waals surface area contributed by atoms with Gasteiger partial charge in [0.25, 0.3) is 0 Å². The average molecular weight is 459 g/mol. The number of hydrogen-bond donors (Lipinski definition) is 1. The first-order valence-electron chi connectivity index (χ1n) is 8.18. The summed E-state index contributed by atoms with van der Waals surface area (Å²) in [5.41, 5.74) is 5.60. The third-order valence-electron chi connectivity index (χ3n) is 4.06. The van der Waals surface area contributed by atoms with Crippen molar-refractivity contribution >= 4 is 17.3 Å². The molecule has 1 atom stereocenters. The van der Waals surface area contributed by atoms with Gasteiger partial charge < -0.3 is 10.5 Å². The fraction of sp³-hybridized carbons (Fsp3) is 0.688. The van der Waals surface area contributed by atoms with E-state index in [9.17, 15) is 44.3 Å². The Morgan fingerprint density at radius 1 is 1.07 bits per heavy atom. The van der Waals surface area contributed by atoms with E-state index in [4.69, 9.17) is 5.73 Å². The largest absolute Gasteiger partial charge is 0.469 e. The first kappa shape index (κ1) is 25.5. The van der Waals surface area contributed by atoms with Crippen molar-refractivity contribution in [2.75, 3.05) is 7.11 Å². The second-order valence-electron chi connectivity index (χ2n) is 6.23. The predicted molar refractivity (Wildman–Crippen MR) is 86.3 cm³/mol. The molecule has 1 aromatic heterocycles. The highest BCUT2D eigenvalue weighted by Gasteiger charge is 2.81. The molecule has 0 aliphatic rings. The topological polar surface area (TPSA) is 52.3 Å². The van der Waals surface area contributed by atoms with Crippen LogP contribution < -0.4 is 5.73 Å². The Balaban J connectivity index is 2.73. The number of alkyl halides is 9. The Morgan fingerprint density at radius 2 is 1.66 bits per heavy atom. The highest BCUT2D eigenvalue weighted by Crippen LogP contribution is 2.54. The van der Waals surface area contributed by atoms with Crippen LogP contribution in [0.1, 0.15) is 41.5 Å². The summed E-state index contributed by atoms with van der Waals surface area (Å²) < 4.78 is 120. The Bertz CT molecular complexity index is 688. The number of hydrogen-bond acceptors (Lipinski definition) is 4. The molecule has 2 N–H and O–H groups in total. The Kier molecular flexibility index (Phi) is 8.02. The standard InChI is InChI=1S/C16H18F9NO2S/c1-28-12(27)4-2-3-9-5-6-11(29-9)10(26)7-8-13(17,18)14(19,20)15(21,22)16(23,24)25/h5-6,10H,2-4,7-8,26H2,1H3. The van der Waals surface area contributed by atoms with E-state index in [2.05, 4.69) is 4.74 Å². The number of esters is 1. The normalized spacial score (nSPS) is 14.7. The number of nitrogens with two attached hydrogens (primary N) is 1. The van der Waals surface area contributed by atoms with Crippen LogP contribution in [0.5, 0.6) is 0 Å². The third-order valence-corrected chi connectivity index (χ3v) is 5.34. The van der Waals surface area contributed by atoms with E-state index in [-0.39, 0.29) is 11.3 Å². The molecule has 0 aliphatic carbocycles. The summed E-state index contributed by atoms with van der Waals surface area (Å²) >= 11 is 1.03. The van der Waals surface area contributed by atoms with Crippen LogP contribution >= 0.6 is 11.3 Å². The quantitative estimate of drug-likeness (QED) is 0.372. The molecule has 0 spiro atoms. The summed E-state index contributed by atoms with van der Waals surface area (Å²) in [6.45, 7) is 0. The van der Waals surface area contributed by atoms with Crippen molar-refractivity contribution in [1.82, 2.24) is 0 Å². The number of rotatable bonds is 10. The van der Waals surface area contributed by atoms with Gasteiger partial charge in [-0.3, -0.25) is 4.79 Å². The predicted octanol–water partition coefficient (Wildman–Crippen LogP) is 5.49. The fourth-order valence-electron chi connectivity index (χ4n) is 2.28. The average Bonchev–Trinajstić information content (AvgIpc) is 3.07. The maximum absolute atomic E-state index is 13.6. The number of carbonyl (C=O) groups is 1. The van der Waals surface area contributed by atoms with Crippen LogP contribution in [0.25, 0.3) is 0 Å². The van der Waals surface area contributed by atoms with E-state index in [0.717, 1.165) is 11.3 Å². The molecule has 29 heavy (non-hydrogen) atoms. The van der Waals surface area contributed by atoms with Crippen molar-refractivity contribution in [2.45, 2.75) is 62.1 Å². The van der Waals surface area contributed by atoms with Crippen molar-refractivity contribution in [1.29, 1.82) is 0 Å². The fourth-order valence-corrected chi connectivity index (χ4v) is 3.37. The summed E-state index contributed by atoms with van der Waals surface area (Å²) in [6.07, 6.45) is -8.79. The smallest absolute Gasteiger partial charge is 0.460 e. The number of ether oxygens (including phenoxy) is 1. The zero-order valence-corrected chi connectivity index (χ0v) is 15.8. The van der Waals surface area contributed by atoms with Gasteiger partial charge >= 0.3 is 29.9 Å². The minimum atomic E-state index is -6.90.